The molecule has 0 unspecified atom stereocenters. The van der Waals surface area contributed by atoms with Gasteiger partial charge >= 0.3 is 6.18 Å². The Balaban J connectivity index is 3.92. The Kier molecular flexibility index (Phi) is 4.60. The summed E-state index contributed by atoms with van der Waals surface area (Å²) >= 11 is 0. The van der Waals surface area contributed by atoms with Gasteiger partial charge in [0.05, 0.1) is 8.80 Å². The van der Waals surface area contributed by atoms with Gasteiger partial charge in [0.15, 0.2) is 0 Å². The van der Waals surface area contributed by atoms with Crippen molar-refractivity contribution in [2.75, 3.05) is 0 Å². The van der Waals surface area contributed by atoms with Crippen LogP contribution in [0.4, 0.5) is 13.2 Å². The van der Waals surface area contributed by atoms with Crippen LogP contribution in [0.15, 0.2) is 11.3 Å². The smallest absolute Gasteiger partial charge is 0.171 e. The molecule has 0 spiro atoms. The van der Waals surface area contributed by atoms with Crippen LogP contribution in [0.3, 0.4) is 0 Å². The number of hydrogen-bond donors (Lipinski definition) is 0. The van der Waals surface area contributed by atoms with Crippen LogP contribution in [0.2, 0.25) is 13.1 Å². The van der Waals surface area contributed by atoms with E-state index in [-0.39, 0.29) is 6.42 Å². The highest BCUT2D eigenvalue weighted by molar-refractivity contribution is 6.63. The van der Waals surface area contributed by atoms with Crippen molar-refractivity contribution < 1.29 is 13.2 Å². The van der Waals surface area contributed by atoms with Gasteiger partial charge in [-0.1, -0.05) is 24.4 Å². The largest absolute Gasteiger partial charge is 0.389 e. The summed E-state index contributed by atoms with van der Waals surface area (Å²) in [4.78, 5) is 0. The number of halogens is 3. The van der Waals surface area contributed by atoms with E-state index in [1.807, 2.05) is 26.1 Å². The second-order valence-corrected chi connectivity index (χ2v) is 6.18. The lowest BCUT2D eigenvalue weighted by molar-refractivity contribution is -0.133. The van der Waals surface area contributed by atoms with Crippen molar-refractivity contribution in [2.24, 2.45) is 0 Å². The molecule has 0 aromatic heterocycles. The van der Waals surface area contributed by atoms with E-state index >= 15 is 0 Å². The first-order valence-corrected chi connectivity index (χ1v) is 6.97. The number of allylic oxidation sites excluding steroid dienone is 2. The molecule has 0 aliphatic carbocycles. The molecule has 0 fully saturated rings. The topological polar surface area (TPSA) is 0 Å². The highest BCUT2D eigenvalue weighted by atomic mass is 28.3. The van der Waals surface area contributed by atoms with Crippen LogP contribution < -0.4 is 0 Å². The molecule has 0 aliphatic rings. The summed E-state index contributed by atoms with van der Waals surface area (Å²) in [5.41, 5.74) is 0. The Morgan fingerprint density at radius 2 is 1.83 bits per heavy atom. The van der Waals surface area contributed by atoms with Crippen LogP contribution in [0.1, 0.15) is 19.8 Å². The minimum atomic E-state index is -4.00. The van der Waals surface area contributed by atoms with Gasteiger partial charge in [-0.15, -0.1) is 0 Å². The van der Waals surface area contributed by atoms with Gasteiger partial charge in [-0.05, 0) is 13.3 Å². The molecular weight excluding hydrogens is 181 g/mol. The second kappa shape index (κ2) is 4.69. The molecule has 0 saturated heterocycles. The standard InChI is InChI=1S/C8H15F3Si/c1-4-7(12(2)3)5-6-8(9,10)11/h4,12H,5-6H2,1-3H3. The first-order chi connectivity index (χ1) is 5.37. The molecule has 0 heterocycles. The highest BCUT2D eigenvalue weighted by Crippen LogP contribution is 2.24. The molecule has 0 rings (SSSR count). The Labute approximate surface area is 73.1 Å². The van der Waals surface area contributed by atoms with Crippen molar-refractivity contribution in [1.29, 1.82) is 0 Å². The Bertz CT molecular complexity index is 158. The highest BCUT2D eigenvalue weighted by Gasteiger charge is 2.27. The molecule has 0 aliphatic heterocycles. The third kappa shape index (κ3) is 5.40. The minimum absolute atomic E-state index is 0.198. The minimum Gasteiger partial charge on any atom is -0.171 e. The van der Waals surface area contributed by atoms with Gasteiger partial charge in [-0.3, -0.25) is 0 Å². The maximum Gasteiger partial charge on any atom is 0.389 e. The Hall–Kier alpha value is -0.253. The molecule has 0 radical (unpaired) electrons. The zero-order valence-electron chi connectivity index (χ0n) is 7.70. The van der Waals surface area contributed by atoms with Crippen molar-refractivity contribution >= 4 is 8.80 Å². The number of alkyl halides is 3. The number of rotatable bonds is 3. The van der Waals surface area contributed by atoms with E-state index in [4.69, 9.17) is 0 Å². The van der Waals surface area contributed by atoms with Gasteiger partial charge in [0.25, 0.3) is 0 Å². The monoisotopic (exact) mass is 196 g/mol. The molecule has 0 N–H and O–H groups in total. The summed E-state index contributed by atoms with van der Waals surface area (Å²) in [7, 11) is -1.01. The zero-order valence-corrected chi connectivity index (χ0v) is 8.86. The van der Waals surface area contributed by atoms with Gasteiger partial charge in [0.1, 0.15) is 0 Å². The van der Waals surface area contributed by atoms with Crippen LogP contribution >= 0.6 is 0 Å². The molecule has 0 aromatic rings. The summed E-state index contributed by atoms with van der Waals surface area (Å²) in [6.45, 7) is 5.91. The summed E-state index contributed by atoms with van der Waals surface area (Å²) in [6, 6.07) is 0. The Morgan fingerprint density at radius 3 is 2.08 bits per heavy atom. The first kappa shape index (κ1) is 11.7. The van der Waals surface area contributed by atoms with Crippen LogP contribution in [-0.2, 0) is 0 Å². The SMILES string of the molecule is CC=C(CCC(F)(F)F)[SiH](C)C. The fourth-order valence-corrected chi connectivity index (χ4v) is 2.44. The quantitative estimate of drug-likeness (QED) is 0.607. The molecule has 0 bridgehead atoms. The third-order valence-electron chi connectivity index (χ3n) is 1.81. The molecule has 12 heavy (non-hydrogen) atoms. The van der Waals surface area contributed by atoms with Crippen LogP contribution in [0, 0.1) is 0 Å². The number of hydrogen-bond acceptors (Lipinski definition) is 0. The third-order valence-corrected chi connectivity index (χ3v) is 3.91. The van der Waals surface area contributed by atoms with E-state index in [9.17, 15) is 13.2 Å². The fraction of sp³-hybridized carbons (Fsp3) is 0.750. The van der Waals surface area contributed by atoms with Crippen molar-refractivity contribution in [3.8, 4) is 0 Å². The van der Waals surface area contributed by atoms with E-state index in [2.05, 4.69) is 0 Å². The lowest BCUT2D eigenvalue weighted by Gasteiger charge is -2.11. The van der Waals surface area contributed by atoms with E-state index < -0.39 is 21.4 Å². The second-order valence-electron chi connectivity index (χ2n) is 3.13. The fourth-order valence-electron chi connectivity index (χ4n) is 1.05. The van der Waals surface area contributed by atoms with Crippen molar-refractivity contribution in [3.05, 3.63) is 11.3 Å². The van der Waals surface area contributed by atoms with Gasteiger partial charge in [0, 0.05) is 6.42 Å². The molecule has 0 aromatic carbocycles. The van der Waals surface area contributed by atoms with Crippen LogP contribution in [-0.4, -0.2) is 15.0 Å². The molecule has 0 atom stereocenters. The maximum absolute atomic E-state index is 11.8. The summed E-state index contributed by atoms with van der Waals surface area (Å²) in [6.07, 6.45) is -2.64. The van der Waals surface area contributed by atoms with E-state index in [1.165, 1.54) is 0 Å². The van der Waals surface area contributed by atoms with Gasteiger partial charge in [-0.2, -0.15) is 13.2 Å². The summed E-state index contributed by atoms with van der Waals surface area (Å²) < 4.78 is 35.4. The van der Waals surface area contributed by atoms with Crippen molar-refractivity contribution in [1.82, 2.24) is 0 Å². The van der Waals surface area contributed by atoms with Crippen LogP contribution in [0.25, 0.3) is 0 Å². The average molecular weight is 196 g/mol. The predicted octanol–water partition coefficient (Wildman–Crippen LogP) is 3.30. The Morgan fingerprint density at radius 1 is 1.33 bits per heavy atom. The molecule has 0 saturated carbocycles. The lowest BCUT2D eigenvalue weighted by atomic mass is 10.3. The van der Waals surface area contributed by atoms with E-state index in [0.717, 1.165) is 5.20 Å². The van der Waals surface area contributed by atoms with Crippen molar-refractivity contribution in [2.45, 2.75) is 39.0 Å². The molecular formula is C8H15F3Si. The molecule has 0 nitrogen and oxygen atoms in total. The van der Waals surface area contributed by atoms with Gasteiger partial charge in [-0.25, -0.2) is 0 Å². The maximum atomic E-state index is 11.8. The molecule has 4 heteroatoms. The van der Waals surface area contributed by atoms with E-state index in [1.54, 1.807) is 0 Å². The average Bonchev–Trinajstić information content (AvgIpc) is 1.85. The summed E-state index contributed by atoms with van der Waals surface area (Å²) in [5, 5.41) is 1.02. The first-order valence-electron chi connectivity index (χ1n) is 4.08. The van der Waals surface area contributed by atoms with Gasteiger partial charge in [0.2, 0.25) is 0 Å². The molecule has 0 amide bonds. The lowest BCUT2D eigenvalue weighted by Crippen LogP contribution is -2.12. The van der Waals surface area contributed by atoms with Crippen molar-refractivity contribution in [3.63, 3.8) is 0 Å². The van der Waals surface area contributed by atoms with Crippen LogP contribution in [0.5, 0.6) is 0 Å². The van der Waals surface area contributed by atoms with Gasteiger partial charge < -0.3 is 0 Å². The zero-order chi connectivity index (χ0) is 9.78. The summed E-state index contributed by atoms with van der Waals surface area (Å²) in [5.74, 6) is 0. The normalized spacial score (nSPS) is 14.1. The predicted molar refractivity (Wildman–Crippen MR) is 47.9 cm³/mol. The molecule has 72 valence electrons. The van der Waals surface area contributed by atoms with E-state index in [0.29, 0.717) is 0 Å².